The van der Waals surface area contributed by atoms with Crippen molar-refractivity contribution in [3.8, 4) is 0 Å². The van der Waals surface area contributed by atoms with Crippen molar-refractivity contribution in [3.63, 3.8) is 0 Å². The van der Waals surface area contributed by atoms with Gasteiger partial charge in [-0.25, -0.2) is 0 Å². The van der Waals surface area contributed by atoms with Crippen molar-refractivity contribution in [2.45, 2.75) is 52.9 Å². The maximum atomic E-state index is 5.75. The molecule has 0 aliphatic carbocycles. The molecule has 0 bridgehead atoms. The molecule has 0 saturated carbocycles. The predicted octanol–water partition coefficient (Wildman–Crippen LogP) is 3.15. The zero-order valence-electron chi connectivity index (χ0n) is 14.5. The van der Waals surface area contributed by atoms with Crippen molar-refractivity contribution in [2.24, 2.45) is 17.3 Å². The normalized spacial score (nSPS) is 28.6. The van der Waals surface area contributed by atoms with Gasteiger partial charge in [0.1, 0.15) is 0 Å². The van der Waals surface area contributed by atoms with Gasteiger partial charge in [0, 0.05) is 25.1 Å². The highest BCUT2D eigenvalue weighted by Crippen LogP contribution is 2.31. The molecule has 2 heterocycles. The van der Waals surface area contributed by atoms with Crippen LogP contribution in [0.15, 0.2) is 0 Å². The standard InChI is InChI=1S/C18H36N2O/c1-4-5-17-6-9-20(10-7-17)14-18(8-11-21-15-18)13-19-12-16(2)3/h16-17,19H,4-15H2,1-3H3. The molecule has 21 heavy (non-hydrogen) atoms. The Hall–Kier alpha value is -0.120. The number of ether oxygens (including phenoxy) is 1. The van der Waals surface area contributed by atoms with Crippen LogP contribution in [0.5, 0.6) is 0 Å². The molecular formula is C18H36N2O. The first-order valence-electron chi connectivity index (χ1n) is 9.14. The number of rotatable bonds is 8. The van der Waals surface area contributed by atoms with Gasteiger partial charge in [0.2, 0.25) is 0 Å². The van der Waals surface area contributed by atoms with Crippen molar-refractivity contribution in [2.75, 3.05) is 45.9 Å². The second-order valence-electron chi connectivity index (χ2n) is 7.84. The minimum Gasteiger partial charge on any atom is -0.381 e. The zero-order chi connectivity index (χ0) is 15.1. The lowest BCUT2D eigenvalue weighted by molar-refractivity contribution is 0.0854. The number of hydrogen-bond acceptors (Lipinski definition) is 3. The van der Waals surface area contributed by atoms with Gasteiger partial charge in [-0.3, -0.25) is 0 Å². The van der Waals surface area contributed by atoms with Crippen LogP contribution in [-0.2, 0) is 4.74 Å². The van der Waals surface area contributed by atoms with Gasteiger partial charge < -0.3 is 15.0 Å². The van der Waals surface area contributed by atoms with Crippen LogP contribution in [0, 0.1) is 17.3 Å². The Labute approximate surface area is 131 Å². The minimum atomic E-state index is 0.368. The van der Waals surface area contributed by atoms with Gasteiger partial charge in [-0.2, -0.15) is 0 Å². The monoisotopic (exact) mass is 296 g/mol. The van der Waals surface area contributed by atoms with E-state index in [4.69, 9.17) is 4.74 Å². The molecule has 1 atom stereocenters. The third-order valence-corrected chi connectivity index (χ3v) is 5.20. The molecular weight excluding hydrogens is 260 g/mol. The van der Waals surface area contributed by atoms with Gasteiger partial charge >= 0.3 is 0 Å². The van der Waals surface area contributed by atoms with E-state index in [1.165, 1.54) is 51.7 Å². The van der Waals surface area contributed by atoms with E-state index in [0.717, 1.165) is 38.1 Å². The molecule has 0 aromatic carbocycles. The maximum Gasteiger partial charge on any atom is 0.0547 e. The Balaban J connectivity index is 1.77. The SMILES string of the molecule is CCCC1CCN(CC2(CNCC(C)C)CCOC2)CC1. The topological polar surface area (TPSA) is 24.5 Å². The quantitative estimate of drug-likeness (QED) is 0.744. The van der Waals surface area contributed by atoms with E-state index in [1.54, 1.807) is 0 Å². The summed E-state index contributed by atoms with van der Waals surface area (Å²) in [5.41, 5.74) is 0.368. The Kier molecular flexibility index (Phi) is 6.97. The van der Waals surface area contributed by atoms with E-state index in [9.17, 15) is 0 Å². The summed E-state index contributed by atoms with van der Waals surface area (Å²) >= 11 is 0. The number of hydrogen-bond donors (Lipinski definition) is 1. The van der Waals surface area contributed by atoms with Crippen LogP contribution in [0.4, 0.5) is 0 Å². The average molecular weight is 296 g/mol. The van der Waals surface area contributed by atoms with Crippen LogP contribution >= 0.6 is 0 Å². The van der Waals surface area contributed by atoms with Gasteiger partial charge in [-0.15, -0.1) is 0 Å². The smallest absolute Gasteiger partial charge is 0.0547 e. The summed E-state index contributed by atoms with van der Waals surface area (Å²) in [5, 5.41) is 3.68. The molecule has 124 valence electrons. The first kappa shape index (κ1) is 17.2. The summed E-state index contributed by atoms with van der Waals surface area (Å²) in [5.74, 6) is 1.72. The molecule has 3 nitrogen and oxygen atoms in total. The van der Waals surface area contributed by atoms with Crippen molar-refractivity contribution in [1.29, 1.82) is 0 Å². The fourth-order valence-corrected chi connectivity index (χ4v) is 3.91. The molecule has 2 aliphatic heterocycles. The van der Waals surface area contributed by atoms with Crippen molar-refractivity contribution >= 4 is 0 Å². The van der Waals surface area contributed by atoms with Crippen molar-refractivity contribution < 1.29 is 4.74 Å². The molecule has 0 aromatic rings. The molecule has 0 amide bonds. The molecule has 3 heteroatoms. The van der Waals surface area contributed by atoms with E-state index >= 15 is 0 Å². The summed E-state index contributed by atoms with van der Waals surface area (Å²) in [6, 6.07) is 0. The Morgan fingerprint density at radius 1 is 1.29 bits per heavy atom. The number of nitrogens with one attached hydrogen (secondary N) is 1. The van der Waals surface area contributed by atoms with Crippen molar-refractivity contribution in [1.82, 2.24) is 10.2 Å². The van der Waals surface area contributed by atoms with Crippen LogP contribution in [0.2, 0.25) is 0 Å². The van der Waals surface area contributed by atoms with E-state index in [1.807, 2.05) is 0 Å². The highest BCUT2D eigenvalue weighted by molar-refractivity contribution is 4.89. The van der Waals surface area contributed by atoms with Gasteiger partial charge in [0.15, 0.2) is 0 Å². The fraction of sp³-hybridized carbons (Fsp3) is 1.00. The van der Waals surface area contributed by atoms with Gasteiger partial charge in [0.25, 0.3) is 0 Å². The van der Waals surface area contributed by atoms with E-state index in [2.05, 4.69) is 31.0 Å². The summed E-state index contributed by atoms with van der Waals surface area (Å²) in [4.78, 5) is 2.71. The number of nitrogens with zero attached hydrogens (tertiary/aromatic N) is 1. The van der Waals surface area contributed by atoms with Gasteiger partial charge in [0.05, 0.1) is 6.61 Å². The van der Waals surface area contributed by atoms with Crippen LogP contribution in [0.3, 0.4) is 0 Å². The summed E-state index contributed by atoms with van der Waals surface area (Å²) < 4.78 is 5.75. The average Bonchev–Trinajstić information content (AvgIpc) is 2.90. The lowest BCUT2D eigenvalue weighted by Gasteiger charge is -2.38. The molecule has 0 radical (unpaired) electrons. The number of likely N-dealkylation sites (tertiary alicyclic amines) is 1. The Bertz CT molecular complexity index is 279. The molecule has 2 fully saturated rings. The minimum absolute atomic E-state index is 0.368. The first-order valence-corrected chi connectivity index (χ1v) is 9.14. The van der Waals surface area contributed by atoms with Crippen LogP contribution in [0.1, 0.15) is 52.9 Å². The third-order valence-electron chi connectivity index (χ3n) is 5.20. The van der Waals surface area contributed by atoms with Crippen LogP contribution in [-0.4, -0.2) is 50.8 Å². The lowest BCUT2D eigenvalue weighted by atomic mass is 9.84. The molecule has 2 aliphatic rings. The van der Waals surface area contributed by atoms with Crippen molar-refractivity contribution in [3.05, 3.63) is 0 Å². The first-order chi connectivity index (χ1) is 10.1. The summed E-state index contributed by atoms with van der Waals surface area (Å²) in [7, 11) is 0. The van der Waals surface area contributed by atoms with Gasteiger partial charge in [-0.1, -0.05) is 33.6 Å². The second kappa shape index (κ2) is 8.50. The Morgan fingerprint density at radius 2 is 2.05 bits per heavy atom. The molecule has 2 rings (SSSR count). The fourth-order valence-electron chi connectivity index (χ4n) is 3.91. The van der Waals surface area contributed by atoms with Crippen LogP contribution in [0.25, 0.3) is 0 Å². The molecule has 2 saturated heterocycles. The summed E-state index contributed by atoms with van der Waals surface area (Å²) in [6.07, 6.45) is 6.82. The second-order valence-corrected chi connectivity index (χ2v) is 7.84. The number of piperidine rings is 1. The highest BCUT2D eigenvalue weighted by Gasteiger charge is 2.37. The van der Waals surface area contributed by atoms with E-state index < -0.39 is 0 Å². The molecule has 1 N–H and O–H groups in total. The zero-order valence-corrected chi connectivity index (χ0v) is 14.5. The van der Waals surface area contributed by atoms with Crippen LogP contribution < -0.4 is 5.32 Å². The maximum absolute atomic E-state index is 5.75. The lowest BCUT2D eigenvalue weighted by Crippen LogP contribution is -2.47. The van der Waals surface area contributed by atoms with E-state index in [0.29, 0.717) is 5.41 Å². The van der Waals surface area contributed by atoms with Gasteiger partial charge in [-0.05, 0) is 50.7 Å². The molecule has 1 unspecified atom stereocenters. The summed E-state index contributed by atoms with van der Waals surface area (Å²) in [6.45, 7) is 14.9. The molecule has 0 spiro atoms. The largest absolute Gasteiger partial charge is 0.381 e. The van der Waals surface area contributed by atoms with E-state index in [-0.39, 0.29) is 0 Å². The third kappa shape index (κ3) is 5.54. The molecule has 0 aromatic heterocycles. The Morgan fingerprint density at radius 3 is 2.62 bits per heavy atom. The highest BCUT2D eigenvalue weighted by atomic mass is 16.5. The predicted molar refractivity (Wildman–Crippen MR) is 89.6 cm³/mol.